The van der Waals surface area contributed by atoms with Crippen molar-refractivity contribution in [3.05, 3.63) is 34.6 Å². The van der Waals surface area contributed by atoms with Crippen LogP contribution in [0.4, 0.5) is 4.39 Å². The minimum absolute atomic E-state index is 0.273. The molecule has 1 aromatic rings. The Morgan fingerprint density at radius 2 is 1.86 bits per heavy atom. The van der Waals surface area contributed by atoms with Gasteiger partial charge in [0.15, 0.2) is 0 Å². The standard InChI is InChI=1S/C10H9FO3/c1-5-3-6(2)8(11)7(4-5)9(12)10(13)14/h3-4H,1-2H3,(H,13,14). The van der Waals surface area contributed by atoms with Gasteiger partial charge in [0.05, 0.1) is 5.56 Å². The molecule has 74 valence electrons. The quantitative estimate of drug-likeness (QED) is 0.578. The molecule has 0 atom stereocenters. The van der Waals surface area contributed by atoms with Crippen LogP contribution in [0.15, 0.2) is 12.1 Å². The van der Waals surface area contributed by atoms with Gasteiger partial charge in [-0.05, 0) is 31.0 Å². The highest BCUT2D eigenvalue weighted by Crippen LogP contribution is 2.15. The first-order chi connectivity index (χ1) is 6.43. The van der Waals surface area contributed by atoms with Crippen molar-refractivity contribution >= 4 is 11.8 Å². The molecule has 0 amide bonds. The fourth-order valence-electron chi connectivity index (χ4n) is 1.23. The number of carbonyl (C=O) groups excluding carboxylic acids is 1. The van der Waals surface area contributed by atoms with Crippen LogP contribution in [0.2, 0.25) is 0 Å². The average molecular weight is 196 g/mol. The summed E-state index contributed by atoms with van der Waals surface area (Å²) in [5.41, 5.74) is 0.554. The molecule has 0 saturated heterocycles. The van der Waals surface area contributed by atoms with Crippen molar-refractivity contribution < 1.29 is 19.1 Å². The number of aliphatic carboxylic acids is 1. The Labute approximate surface area is 80.2 Å². The van der Waals surface area contributed by atoms with E-state index in [1.165, 1.54) is 13.0 Å². The number of rotatable bonds is 2. The van der Waals surface area contributed by atoms with E-state index in [1.807, 2.05) is 0 Å². The van der Waals surface area contributed by atoms with Gasteiger partial charge in [-0.25, -0.2) is 9.18 Å². The SMILES string of the molecule is Cc1cc(C)c(F)c(C(=O)C(=O)O)c1. The van der Waals surface area contributed by atoms with Gasteiger partial charge in [-0.15, -0.1) is 0 Å². The Morgan fingerprint density at radius 3 is 2.36 bits per heavy atom. The van der Waals surface area contributed by atoms with E-state index in [0.29, 0.717) is 5.56 Å². The lowest BCUT2D eigenvalue weighted by atomic mass is 10.0. The third-order valence-corrected chi connectivity index (χ3v) is 1.84. The van der Waals surface area contributed by atoms with Gasteiger partial charge < -0.3 is 5.11 Å². The maximum atomic E-state index is 13.3. The van der Waals surface area contributed by atoms with Crippen LogP contribution >= 0.6 is 0 Å². The summed E-state index contributed by atoms with van der Waals surface area (Å²) >= 11 is 0. The van der Waals surface area contributed by atoms with Gasteiger partial charge >= 0.3 is 5.97 Å². The summed E-state index contributed by atoms with van der Waals surface area (Å²) in [6.45, 7) is 3.16. The van der Waals surface area contributed by atoms with E-state index in [0.717, 1.165) is 0 Å². The number of carbonyl (C=O) groups is 2. The van der Waals surface area contributed by atoms with E-state index in [4.69, 9.17) is 5.11 Å². The number of hydrogen-bond acceptors (Lipinski definition) is 2. The van der Waals surface area contributed by atoms with E-state index >= 15 is 0 Å². The number of halogens is 1. The predicted octanol–water partition coefficient (Wildman–Crippen LogP) is 1.71. The fraction of sp³-hybridized carbons (Fsp3) is 0.200. The maximum absolute atomic E-state index is 13.3. The van der Waals surface area contributed by atoms with E-state index in [9.17, 15) is 14.0 Å². The first-order valence-electron chi connectivity index (χ1n) is 3.98. The van der Waals surface area contributed by atoms with E-state index < -0.39 is 17.6 Å². The second-order valence-electron chi connectivity index (χ2n) is 3.08. The van der Waals surface area contributed by atoms with Crippen LogP contribution in [0.5, 0.6) is 0 Å². The van der Waals surface area contributed by atoms with Crippen molar-refractivity contribution in [2.45, 2.75) is 13.8 Å². The topological polar surface area (TPSA) is 54.4 Å². The average Bonchev–Trinajstić information content (AvgIpc) is 2.09. The number of Topliss-reactive ketones (excluding diaryl/α,β-unsaturated/α-hetero) is 1. The summed E-state index contributed by atoms with van der Waals surface area (Å²) in [4.78, 5) is 21.4. The number of ketones is 1. The largest absolute Gasteiger partial charge is 0.475 e. The van der Waals surface area contributed by atoms with Gasteiger partial charge in [-0.2, -0.15) is 0 Å². The molecule has 0 spiro atoms. The molecule has 1 aromatic carbocycles. The highest BCUT2D eigenvalue weighted by Gasteiger charge is 2.20. The Balaban J connectivity index is 3.34. The van der Waals surface area contributed by atoms with Crippen LogP contribution in [-0.2, 0) is 4.79 Å². The number of benzene rings is 1. The molecule has 0 aliphatic heterocycles. The molecule has 1 rings (SSSR count). The van der Waals surface area contributed by atoms with Crippen molar-refractivity contribution in [1.82, 2.24) is 0 Å². The summed E-state index contributed by atoms with van der Waals surface area (Å²) in [5.74, 6) is -3.62. The van der Waals surface area contributed by atoms with Crippen molar-refractivity contribution in [3.63, 3.8) is 0 Å². The minimum atomic E-state index is -1.64. The van der Waals surface area contributed by atoms with Crippen molar-refractivity contribution in [3.8, 4) is 0 Å². The molecule has 4 heteroatoms. The normalized spacial score (nSPS) is 9.93. The molecular formula is C10H9FO3. The number of aryl methyl sites for hydroxylation is 2. The fourth-order valence-corrected chi connectivity index (χ4v) is 1.23. The van der Waals surface area contributed by atoms with Gasteiger partial charge in [0.25, 0.3) is 5.78 Å². The zero-order chi connectivity index (χ0) is 10.9. The lowest BCUT2D eigenvalue weighted by molar-refractivity contribution is -0.131. The summed E-state index contributed by atoms with van der Waals surface area (Å²) in [5, 5.41) is 8.43. The highest BCUT2D eigenvalue weighted by atomic mass is 19.1. The third kappa shape index (κ3) is 1.79. The van der Waals surface area contributed by atoms with Crippen molar-refractivity contribution in [2.75, 3.05) is 0 Å². The molecule has 0 unspecified atom stereocenters. The third-order valence-electron chi connectivity index (χ3n) is 1.84. The highest BCUT2D eigenvalue weighted by molar-refractivity contribution is 6.40. The second-order valence-corrected chi connectivity index (χ2v) is 3.08. The number of carboxylic acid groups (broad SMARTS) is 1. The Hall–Kier alpha value is -1.71. The summed E-state index contributed by atoms with van der Waals surface area (Å²) < 4.78 is 13.3. The lowest BCUT2D eigenvalue weighted by Crippen LogP contribution is -2.15. The minimum Gasteiger partial charge on any atom is -0.475 e. The monoisotopic (exact) mass is 196 g/mol. The van der Waals surface area contributed by atoms with Gasteiger partial charge in [0, 0.05) is 0 Å². The molecule has 0 fully saturated rings. The molecule has 0 saturated carbocycles. The zero-order valence-corrected chi connectivity index (χ0v) is 7.80. The molecule has 14 heavy (non-hydrogen) atoms. The summed E-state index contributed by atoms with van der Waals surface area (Å²) in [6, 6.07) is 2.78. The molecule has 0 aromatic heterocycles. The molecule has 0 radical (unpaired) electrons. The first-order valence-corrected chi connectivity index (χ1v) is 3.98. The van der Waals surface area contributed by atoms with Gasteiger partial charge in [0.2, 0.25) is 0 Å². The summed E-state index contributed by atoms with van der Waals surface area (Å²) in [6.07, 6.45) is 0. The van der Waals surface area contributed by atoms with Crippen molar-refractivity contribution in [1.29, 1.82) is 0 Å². The number of carboxylic acids is 1. The van der Waals surface area contributed by atoms with Crippen LogP contribution in [0.3, 0.4) is 0 Å². The Bertz CT molecular complexity index is 410. The Kier molecular flexibility index (Phi) is 2.65. The first kappa shape index (κ1) is 10.4. The molecule has 3 nitrogen and oxygen atoms in total. The predicted molar refractivity (Wildman–Crippen MR) is 47.8 cm³/mol. The molecular weight excluding hydrogens is 187 g/mol. The van der Waals surface area contributed by atoms with Crippen LogP contribution in [-0.4, -0.2) is 16.9 Å². The number of hydrogen-bond donors (Lipinski definition) is 1. The van der Waals surface area contributed by atoms with Crippen LogP contribution in [0, 0.1) is 19.7 Å². The van der Waals surface area contributed by atoms with Crippen molar-refractivity contribution in [2.24, 2.45) is 0 Å². The lowest BCUT2D eigenvalue weighted by Gasteiger charge is -2.03. The summed E-state index contributed by atoms with van der Waals surface area (Å²) in [7, 11) is 0. The maximum Gasteiger partial charge on any atom is 0.377 e. The van der Waals surface area contributed by atoms with E-state index in [2.05, 4.69) is 0 Å². The molecule has 0 heterocycles. The van der Waals surface area contributed by atoms with Crippen LogP contribution in [0.1, 0.15) is 21.5 Å². The van der Waals surface area contributed by atoms with Gasteiger partial charge in [0.1, 0.15) is 5.82 Å². The zero-order valence-electron chi connectivity index (χ0n) is 7.80. The molecule has 0 aliphatic rings. The smallest absolute Gasteiger partial charge is 0.377 e. The van der Waals surface area contributed by atoms with Gasteiger partial charge in [-0.3, -0.25) is 4.79 Å². The molecule has 0 aliphatic carbocycles. The van der Waals surface area contributed by atoms with E-state index in [1.54, 1.807) is 13.0 Å². The van der Waals surface area contributed by atoms with E-state index in [-0.39, 0.29) is 11.1 Å². The van der Waals surface area contributed by atoms with Crippen LogP contribution in [0.25, 0.3) is 0 Å². The second kappa shape index (κ2) is 3.57. The van der Waals surface area contributed by atoms with Gasteiger partial charge in [-0.1, -0.05) is 6.07 Å². The molecule has 0 bridgehead atoms. The van der Waals surface area contributed by atoms with Crippen LogP contribution < -0.4 is 0 Å². The Morgan fingerprint density at radius 1 is 1.29 bits per heavy atom. The molecule has 1 N–H and O–H groups in total.